The molecule has 0 spiro atoms. The molecule has 1 heterocycles. The van der Waals surface area contributed by atoms with E-state index in [1.165, 1.54) is 0 Å². The lowest BCUT2D eigenvalue weighted by Crippen LogP contribution is -2.13. The Morgan fingerprint density at radius 2 is 1.94 bits per heavy atom. The van der Waals surface area contributed by atoms with Gasteiger partial charge < -0.3 is 10.3 Å². The van der Waals surface area contributed by atoms with Gasteiger partial charge in [0.2, 0.25) is 5.91 Å². The second-order valence-electron chi connectivity index (χ2n) is 3.60. The fourth-order valence-corrected chi connectivity index (χ4v) is 2.01. The van der Waals surface area contributed by atoms with Crippen LogP contribution < -0.4 is 5.32 Å². The summed E-state index contributed by atoms with van der Waals surface area (Å²) in [7, 11) is 0. The molecule has 0 aliphatic rings. The smallest absolute Gasteiger partial charge is 0.228 e. The summed E-state index contributed by atoms with van der Waals surface area (Å²) in [5, 5.41) is 3.73. The Labute approximate surface area is 109 Å². The zero-order valence-electron chi connectivity index (χ0n) is 8.84. The zero-order valence-corrected chi connectivity index (χ0v) is 10.3. The lowest BCUT2D eigenvalue weighted by atomic mass is 10.2. The lowest BCUT2D eigenvalue weighted by molar-refractivity contribution is -0.115. The summed E-state index contributed by atoms with van der Waals surface area (Å²) in [4.78, 5) is 14.6. The largest absolute Gasteiger partial charge is 0.367 e. The maximum atomic E-state index is 11.7. The molecule has 0 unspecified atom stereocenters. The molecular formula is C12H10Cl2N2O. The number of rotatable bonds is 3. The van der Waals surface area contributed by atoms with Gasteiger partial charge in [-0.2, -0.15) is 0 Å². The van der Waals surface area contributed by atoms with Crippen molar-refractivity contribution in [2.75, 3.05) is 5.32 Å². The maximum absolute atomic E-state index is 11.7. The van der Waals surface area contributed by atoms with Crippen LogP contribution in [0.3, 0.4) is 0 Å². The molecule has 1 aromatic heterocycles. The Balaban J connectivity index is 2.03. The van der Waals surface area contributed by atoms with Crippen molar-refractivity contribution in [2.45, 2.75) is 6.42 Å². The molecule has 0 bridgehead atoms. The summed E-state index contributed by atoms with van der Waals surface area (Å²) in [5.41, 5.74) is 1.53. The van der Waals surface area contributed by atoms with Crippen LogP contribution in [0.15, 0.2) is 36.7 Å². The second-order valence-corrected chi connectivity index (χ2v) is 4.48. The molecule has 0 aliphatic heterocycles. The third-order valence-electron chi connectivity index (χ3n) is 2.17. The second kappa shape index (κ2) is 5.25. The Kier molecular flexibility index (Phi) is 3.71. The fraction of sp³-hybridized carbons (Fsp3) is 0.0833. The van der Waals surface area contributed by atoms with E-state index in [0.29, 0.717) is 22.2 Å². The van der Waals surface area contributed by atoms with Gasteiger partial charge in [-0.15, -0.1) is 0 Å². The quantitative estimate of drug-likeness (QED) is 0.880. The van der Waals surface area contributed by atoms with Gasteiger partial charge >= 0.3 is 0 Å². The van der Waals surface area contributed by atoms with E-state index < -0.39 is 0 Å². The minimum atomic E-state index is -0.108. The van der Waals surface area contributed by atoms with E-state index in [0.717, 1.165) is 5.56 Å². The van der Waals surface area contributed by atoms with Crippen molar-refractivity contribution in [3.8, 4) is 0 Å². The average molecular weight is 269 g/mol. The Bertz CT molecular complexity index is 503. The molecule has 1 amide bonds. The molecule has 0 fully saturated rings. The molecule has 2 N–H and O–H groups in total. The average Bonchev–Trinajstić information content (AvgIpc) is 2.67. The highest BCUT2D eigenvalue weighted by molar-refractivity contribution is 6.35. The third kappa shape index (κ3) is 3.51. The first-order chi connectivity index (χ1) is 8.13. The molecule has 5 heteroatoms. The summed E-state index contributed by atoms with van der Waals surface area (Å²) in [6.45, 7) is 0. The highest BCUT2D eigenvalue weighted by Gasteiger charge is 2.05. The number of carbonyl (C=O) groups excluding carboxylic acids is 1. The first-order valence-electron chi connectivity index (χ1n) is 5.01. The number of anilines is 1. The summed E-state index contributed by atoms with van der Waals surface area (Å²) in [6, 6.07) is 6.78. The molecule has 0 radical (unpaired) electrons. The van der Waals surface area contributed by atoms with Gasteiger partial charge in [-0.25, -0.2) is 0 Å². The van der Waals surface area contributed by atoms with Crippen LogP contribution in [0, 0.1) is 0 Å². The van der Waals surface area contributed by atoms with E-state index in [-0.39, 0.29) is 5.91 Å². The SMILES string of the molecule is O=C(Cc1cc[nH]c1)Nc1cc(Cl)cc(Cl)c1. The van der Waals surface area contributed by atoms with E-state index in [2.05, 4.69) is 10.3 Å². The number of aromatic nitrogens is 1. The van der Waals surface area contributed by atoms with Gasteiger partial charge in [0.25, 0.3) is 0 Å². The van der Waals surface area contributed by atoms with E-state index in [1.807, 2.05) is 6.07 Å². The minimum Gasteiger partial charge on any atom is -0.367 e. The van der Waals surface area contributed by atoms with Crippen LogP contribution in [-0.4, -0.2) is 10.9 Å². The summed E-state index contributed by atoms with van der Waals surface area (Å²) < 4.78 is 0. The van der Waals surface area contributed by atoms with Gasteiger partial charge in [-0.05, 0) is 29.8 Å². The Morgan fingerprint density at radius 1 is 1.24 bits per heavy atom. The van der Waals surface area contributed by atoms with Crippen LogP contribution in [0.2, 0.25) is 10.0 Å². The standard InChI is InChI=1S/C12H10Cl2N2O/c13-9-4-10(14)6-11(5-9)16-12(17)3-8-1-2-15-7-8/h1-2,4-7,15H,3H2,(H,16,17). The van der Waals surface area contributed by atoms with Gasteiger partial charge in [0, 0.05) is 28.1 Å². The highest BCUT2D eigenvalue weighted by atomic mass is 35.5. The predicted molar refractivity (Wildman–Crippen MR) is 69.6 cm³/mol. The number of amides is 1. The van der Waals surface area contributed by atoms with Crippen LogP contribution in [-0.2, 0) is 11.2 Å². The normalized spacial score (nSPS) is 10.2. The molecular weight excluding hydrogens is 259 g/mol. The zero-order chi connectivity index (χ0) is 12.3. The molecule has 88 valence electrons. The van der Waals surface area contributed by atoms with Gasteiger partial charge in [0.1, 0.15) is 0 Å². The number of carbonyl (C=O) groups is 1. The van der Waals surface area contributed by atoms with Gasteiger partial charge in [0.05, 0.1) is 6.42 Å². The van der Waals surface area contributed by atoms with Gasteiger partial charge in [0.15, 0.2) is 0 Å². The van der Waals surface area contributed by atoms with E-state index in [1.54, 1.807) is 30.6 Å². The number of aromatic amines is 1. The summed E-state index contributed by atoms with van der Waals surface area (Å²) in [6.07, 6.45) is 3.87. The van der Waals surface area contributed by atoms with Crippen LogP contribution in [0.25, 0.3) is 0 Å². The van der Waals surface area contributed by atoms with Crippen LogP contribution >= 0.6 is 23.2 Å². The summed E-state index contributed by atoms with van der Waals surface area (Å²) in [5.74, 6) is -0.108. The van der Waals surface area contributed by atoms with Crippen molar-refractivity contribution < 1.29 is 4.79 Å². The molecule has 0 saturated carbocycles. The van der Waals surface area contributed by atoms with Crippen molar-refractivity contribution >= 4 is 34.8 Å². The van der Waals surface area contributed by atoms with Crippen molar-refractivity contribution in [1.29, 1.82) is 0 Å². The van der Waals surface area contributed by atoms with E-state index in [9.17, 15) is 4.79 Å². The van der Waals surface area contributed by atoms with E-state index in [4.69, 9.17) is 23.2 Å². The fourth-order valence-electron chi connectivity index (χ4n) is 1.48. The molecule has 0 aliphatic carbocycles. The van der Waals surface area contributed by atoms with Crippen LogP contribution in [0.1, 0.15) is 5.56 Å². The topological polar surface area (TPSA) is 44.9 Å². The van der Waals surface area contributed by atoms with Crippen LogP contribution in [0.4, 0.5) is 5.69 Å². The molecule has 2 rings (SSSR count). The number of benzene rings is 1. The number of H-pyrrole nitrogens is 1. The van der Waals surface area contributed by atoms with Crippen molar-refractivity contribution in [3.63, 3.8) is 0 Å². The number of hydrogen-bond donors (Lipinski definition) is 2. The van der Waals surface area contributed by atoms with Crippen molar-refractivity contribution in [2.24, 2.45) is 0 Å². The Morgan fingerprint density at radius 3 is 2.53 bits per heavy atom. The van der Waals surface area contributed by atoms with E-state index >= 15 is 0 Å². The first-order valence-corrected chi connectivity index (χ1v) is 5.77. The maximum Gasteiger partial charge on any atom is 0.228 e. The number of hydrogen-bond acceptors (Lipinski definition) is 1. The monoisotopic (exact) mass is 268 g/mol. The lowest BCUT2D eigenvalue weighted by Gasteiger charge is -2.05. The minimum absolute atomic E-state index is 0.108. The van der Waals surface area contributed by atoms with Gasteiger partial charge in [-0.3, -0.25) is 4.79 Å². The third-order valence-corrected chi connectivity index (χ3v) is 2.61. The number of halogens is 2. The predicted octanol–water partition coefficient (Wildman–Crippen LogP) is 3.50. The van der Waals surface area contributed by atoms with Gasteiger partial charge in [-0.1, -0.05) is 23.2 Å². The van der Waals surface area contributed by atoms with Crippen molar-refractivity contribution in [1.82, 2.24) is 4.98 Å². The molecule has 0 saturated heterocycles. The highest BCUT2D eigenvalue weighted by Crippen LogP contribution is 2.22. The van der Waals surface area contributed by atoms with Crippen LogP contribution in [0.5, 0.6) is 0 Å². The molecule has 17 heavy (non-hydrogen) atoms. The molecule has 0 atom stereocenters. The molecule has 1 aromatic carbocycles. The summed E-state index contributed by atoms with van der Waals surface area (Å²) >= 11 is 11.7. The number of nitrogens with one attached hydrogen (secondary N) is 2. The Hall–Kier alpha value is -1.45. The molecule has 3 nitrogen and oxygen atoms in total. The first kappa shape index (κ1) is 12.0. The molecule has 2 aromatic rings. The van der Waals surface area contributed by atoms with Crippen molar-refractivity contribution in [3.05, 3.63) is 52.3 Å².